The van der Waals surface area contributed by atoms with Crippen molar-refractivity contribution in [1.82, 2.24) is 35.4 Å². The molecule has 1 aliphatic heterocycles. The zero-order valence-corrected chi connectivity index (χ0v) is 14.8. The molecule has 1 N–H and O–H groups in total. The Balaban J connectivity index is 1.54. The number of nitrogens with one attached hydrogen (secondary N) is 1. The minimum absolute atomic E-state index is 0.245. The van der Waals surface area contributed by atoms with Gasteiger partial charge in [0.15, 0.2) is 5.82 Å². The fraction of sp³-hybridized carbons (Fsp3) is 0.533. The molecule has 0 radical (unpaired) electrons. The van der Waals surface area contributed by atoms with E-state index in [9.17, 15) is 18.0 Å². The van der Waals surface area contributed by atoms with E-state index in [2.05, 4.69) is 25.8 Å². The molecule has 0 spiro atoms. The Hall–Kier alpha value is -2.92. The zero-order valence-electron chi connectivity index (χ0n) is 14.8. The van der Waals surface area contributed by atoms with Crippen molar-refractivity contribution in [3.63, 3.8) is 0 Å². The van der Waals surface area contributed by atoms with Gasteiger partial charge in [0.2, 0.25) is 0 Å². The molecule has 2 aromatic rings. The third-order valence-electron chi connectivity index (χ3n) is 4.35. The zero-order chi connectivity index (χ0) is 19.6. The monoisotopic (exact) mass is 384 g/mol. The van der Waals surface area contributed by atoms with Crippen LogP contribution in [0.1, 0.15) is 24.4 Å². The van der Waals surface area contributed by atoms with E-state index < -0.39 is 11.7 Å². The number of tetrazole rings is 1. The summed E-state index contributed by atoms with van der Waals surface area (Å²) < 4.78 is 39.3. The topological polar surface area (TPSA) is 92.1 Å². The fourth-order valence-electron chi connectivity index (χ4n) is 2.82. The van der Waals surface area contributed by atoms with E-state index in [-0.39, 0.29) is 12.1 Å². The van der Waals surface area contributed by atoms with Gasteiger partial charge in [-0.2, -0.15) is 13.2 Å². The third-order valence-corrected chi connectivity index (χ3v) is 4.35. The van der Waals surface area contributed by atoms with Crippen LogP contribution in [-0.2, 0) is 13.2 Å². The highest BCUT2D eigenvalue weighted by molar-refractivity contribution is 5.75. The largest absolute Gasteiger partial charge is 0.417 e. The van der Waals surface area contributed by atoms with Crippen molar-refractivity contribution in [2.24, 2.45) is 7.05 Å². The molecule has 0 bridgehead atoms. The van der Waals surface area contributed by atoms with Gasteiger partial charge in [-0.3, -0.25) is 0 Å². The number of aryl methyl sites for hydroxylation is 1. The SMILES string of the molecule is C[C@H](NC(=O)N1CCN(c2ccc(C(F)(F)F)cn2)CC1)c1nnnn1C. The van der Waals surface area contributed by atoms with Gasteiger partial charge in [0.25, 0.3) is 0 Å². The number of anilines is 1. The number of hydrogen-bond acceptors (Lipinski definition) is 6. The van der Waals surface area contributed by atoms with Crippen LogP contribution in [-0.4, -0.2) is 62.3 Å². The number of alkyl halides is 3. The number of aromatic nitrogens is 5. The minimum Gasteiger partial charge on any atom is -0.353 e. The Morgan fingerprint density at radius 3 is 2.44 bits per heavy atom. The first-order valence-corrected chi connectivity index (χ1v) is 8.31. The quantitative estimate of drug-likeness (QED) is 0.856. The van der Waals surface area contributed by atoms with Gasteiger partial charge >= 0.3 is 12.2 Å². The highest BCUT2D eigenvalue weighted by Gasteiger charge is 2.31. The second-order valence-electron chi connectivity index (χ2n) is 6.21. The van der Waals surface area contributed by atoms with Gasteiger partial charge in [-0.25, -0.2) is 14.5 Å². The first kappa shape index (κ1) is 18.9. The highest BCUT2D eigenvalue weighted by atomic mass is 19.4. The first-order valence-electron chi connectivity index (χ1n) is 8.31. The number of carbonyl (C=O) groups is 1. The van der Waals surface area contributed by atoms with E-state index >= 15 is 0 Å². The molecule has 3 heterocycles. The lowest BCUT2D eigenvalue weighted by atomic mass is 10.2. The molecular formula is C15H19F3N8O. The first-order chi connectivity index (χ1) is 12.8. The van der Waals surface area contributed by atoms with Crippen LogP contribution in [0.2, 0.25) is 0 Å². The van der Waals surface area contributed by atoms with Crippen LogP contribution in [0.5, 0.6) is 0 Å². The van der Waals surface area contributed by atoms with Crippen molar-refractivity contribution < 1.29 is 18.0 Å². The summed E-state index contributed by atoms with van der Waals surface area (Å²) in [4.78, 5) is 19.8. The lowest BCUT2D eigenvalue weighted by Gasteiger charge is -2.35. The standard InChI is InChI=1S/C15H19F3N8O/c1-10(13-21-22-23-24(13)2)20-14(27)26-7-5-25(6-8-26)12-4-3-11(9-19-12)15(16,17)18/h3-4,9-10H,5-8H2,1-2H3,(H,20,27)/t10-/m0/s1. The minimum atomic E-state index is -4.41. The molecule has 2 amide bonds. The Kier molecular flexibility index (Phi) is 5.15. The molecule has 0 unspecified atom stereocenters. The molecule has 1 saturated heterocycles. The van der Waals surface area contributed by atoms with Gasteiger partial charge < -0.3 is 15.1 Å². The number of rotatable bonds is 3. The van der Waals surface area contributed by atoms with Gasteiger partial charge in [0.1, 0.15) is 5.82 Å². The second kappa shape index (κ2) is 7.37. The predicted molar refractivity (Wildman–Crippen MR) is 88.8 cm³/mol. The van der Waals surface area contributed by atoms with Gasteiger partial charge in [-0.15, -0.1) is 5.10 Å². The van der Waals surface area contributed by atoms with Gasteiger partial charge in [-0.05, 0) is 29.5 Å². The van der Waals surface area contributed by atoms with Crippen molar-refractivity contribution in [2.75, 3.05) is 31.1 Å². The summed E-state index contributed by atoms with van der Waals surface area (Å²) in [7, 11) is 1.69. The number of hydrogen-bond donors (Lipinski definition) is 1. The lowest BCUT2D eigenvalue weighted by Crippen LogP contribution is -2.52. The lowest BCUT2D eigenvalue weighted by molar-refractivity contribution is -0.137. The van der Waals surface area contributed by atoms with Gasteiger partial charge in [0, 0.05) is 39.4 Å². The summed E-state index contributed by atoms with van der Waals surface area (Å²) in [6.07, 6.45) is -3.58. The number of urea groups is 1. The van der Waals surface area contributed by atoms with Crippen molar-refractivity contribution in [1.29, 1.82) is 0 Å². The van der Waals surface area contributed by atoms with Crippen LogP contribution in [0.3, 0.4) is 0 Å². The molecule has 0 saturated carbocycles. The Morgan fingerprint density at radius 1 is 1.22 bits per heavy atom. The highest BCUT2D eigenvalue weighted by Crippen LogP contribution is 2.29. The molecule has 9 nitrogen and oxygen atoms in total. The van der Waals surface area contributed by atoms with Crippen LogP contribution in [0.15, 0.2) is 18.3 Å². The smallest absolute Gasteiger partial charge is 0.353 e. The number of piperazine rings is 1. The summed E-state index contributed by atoms with van der Waals surface area (Å²) in [5.41, 5.74) is -0.781. The van der Waals surface area contributed by atoms with Crippen LogP contribution < -0.4 is 10.2 Å². The molecule has 146 valence electrons. The Bertz CT molecular complexity index is 783. The molecule has 0 aliphatic carbocycles. The molecule has 1 atom stereocenters. The molecule has 12 heteroatoms. The van der Waals surface area contributed by atoms with Crippen molar-refractivity contribution in [3.8, 4) is 0 Å². The van der Waals surface area contributed by atoms with Crippen LogP contribution in [0, 0.1) is 0 Å². The molecule has 2 aromatic heterocycles. The molecule has 3 rings (SSSR count). The number of halogens is 3. The molecular weight excluding hydrogens is 365 g/mol. The molecule has 1 aliphatic rings. The molecule has 0 aromatic carbocycles. The van der Waals surface area contributed by atoms with Crippen LogP contribution in [0.4, 0.5) is 23.8 Å². The van der Waals surface area contributed by atoms with E-state index in [4.69, 9.17) is 0 Å². The number of amides is 2. The number of carbonyl (C=O) groups excluding carboxylic acids is 1. The second-order valence-corrected chi connectivity index (χ2v) is 6.21. The third kappa shape index (κ3) is 4.26. The number of nitrogens with zero attached hydrogens (tertiary/aromatic N) is 7. The summed E-state index contributed by atoms with van der Waals surface area (Å²) >= 11 is 0. The maximum absolute atomic E-state index is 12.6. The molecule has 1 fully saturated rings. The van der Waals surface area contributed by atoms with E-state index in [0.717, 1.165) is 12.3 Å². The normalized spacial score (nSPS) is 16.3. The Morgan fingerprint density at radius 2 is 1.93 bits per heavy atom. The van der Waals surface area contributed by atoms with Crippen LogP contribution in [0.25, 0.3) is 0 Å². The summed E-state index contributed by atoms with van der Waals surface area (Å²) in [5, 5.41) is 14.0. The fourth-order valence-corrected chi connectivity index (χ4v) is 2.82. The van der Waals surface area contributed by atoms with Crippen molar-refractivity contribution in [3.05, 3.63) is 29.7 Å². The average molecular weight is 384 g/mol. The van der Waals surface area contributed by atoms with E-state index in [0.29, 0.717) is 37.8 Å². The summed E-state index contributed by atoms with van der Waals surface area (Å²) in [6.45, 7) is 3.60. The molecule has 27 heavy (non-hydrogen) atoms. The van der Waals surface area contributed by atoms with Gasteiger partial charge in [-0.1, -0.05) is 0 Å². The maximum atomic E-state index is 12.6. The van der Waals surface area contributed by atoms with Crippen molar-refractivity contribution in [2.45, 2.75) is 19.1 Å². The van der Waals surface area contributed by atoms with Crippen molar-refractivity contribution >= 4 is 11.8 Å². The summed E-state index contributed by atoms with van der Waals surface area (Å²) in [6, 6.07) is 1.76. The Labute approximate surface area is 153 Å². The average Bonchev–Trinajstić information content (AvgIpc) is 3.07. The van der Waals surface area contributed by atoms with Gasteiger partial charge in [0.05, 0.1) is 11.6 Å². The van der Waals surface area contributed by atoms with E-state index in [1.54, 1.807) is 18.9 Å². The number of pyridine rings is 1. The van der Waals surface area contributed by atoms with Crippen LogP contribution >= 0.6 is 0 Å². The van der Waals surface area contributed by atoms with E-state index in [1.165, 1.54) is 10.7 Å². The summed E-state index contributed by atoms with van der Waals surface area (Å²) in [5.74, 6) is 0.998. The predicted octanol–water partition coefficient (Wildman–Crippen LogP) is 1.22. The van der Waals surface area contributed by atoms with E-state index in [1.807, 2.05) is 4.90 Å². The maximum Gasteiger partial charge on any atom is 0.417 e.